The molecular formula is C29H42NaO4P. The number of unbranched alkanes of at least 4 members (excludes halogenated alkanes) is 4. The largest absolute Gasteiger partial charge is 1.00 e. The molecular weight excluding hydrogens is 466 g/mol. The van der Waals surface area contributed by atoms with Gasteiger partial charge in [-0.3, -0.25) is 0 Å². The summed E-state index contributed by atoms with van der Waals surface area (Å²) in [6, 6.07) is 8.63. The molecule has 0 aliphatic carbocycles. The van der Waals surface area contributed by atoms with Gasteiger partial charge in [-0.25, -0.2) is 4.57 Å². The Morgan fingerprint density at radius 1 is 0.686 bits per heavy atom. The van der Waals surface area contributed by atoms with Crippen LogP contribution in [0.2, 0.25) is 0 Å². The molecule has 0 bridgehead atoms. The molecule has 0 aromatic heterocycles. The minimum Gasteiger partial charge on any atom is -0.736 e. The van der Waals surface area contributed by atoms with Crippen LogP contribution in [0.15, 0.2) is 24.3 Å². The normalized spacial score (nSPS) is 14.0. The van der Waals surface area contributed by atoms with Crippen LogP contribution >= 0.6 is 7.82 Å². The summed E-state index contributed by atoms with van der Waals surface area (Å²) in [5, 5.41) is 0. The standard InChI is InChI=1S/C29H43O4P.Na/c1-5-9-13-22-17-24(15-11-7-3)28-26(19-22)21-27-20-23(14-10-6-2)18-25(16-12-8-4)29(27)33-34(30,31)32-28;/h17-20H,5-16,21H2,1-4H3,(H,30,31);/q;+1/p-1. The summed E-state index contributed by atoms with van der Waals surface area (Å²) in [6.07, 6.45) is 12.8. The SMILES string of the molecule is CCCCc1cc(CCCC)c2c(c1)Cc1cc(CCCC)cc(CCCC)c1OP(=O)([O-])O2.[Na+]. The molecule has 0 amide bonds. The van der Waals surface area contributed by atoms with E-state index in [2.05, 4.69) is 52.0 Å². The molecule has 35 heavy (non-hydrogen) atoms. The third kappa shape index (κ3) is 8.64. The van der Waals surface area contributed by atoms with E-state index in [1.165, 1.54) is 11.1 Å². The number of rotatable bonds is 12. The Morgan fingerprint density at radius 2 is 1.06 bits per heavy atom. The van der Waals surface area contributed by atoms with Gasteiger partial charge in [0.1, 0.15) is 11.5 Å². The fourth-order valence-electron chi connectivity index (χ4n) is 4.75. The van der Waals surface area contributed by atoms with E-state index >= 15 is 0 Å². The van der Waals surface area contributed by atoms with Crippen LogP contribution in [0.4, 0.5) is 0 Å². The third-order valence-electron chi connectivity index (χ3n) is 6.63. The van der Waals surface area contributed by atoms with Crippen LogP contribution in [-0.2, 0) is 36.7 Å². The monoisotopic (exact) mass is 508 g/mol. The number of phosphoric ester groups is 1. The Bertz CT molecular complexity index is 929. The van der Waals surface area contributed by atoms with E-state index in [4.69, 9.17) is 9.05 Å². The van der Waals surface area contributed by atoms with Gasteiger partial charge < -0.3 is 13.9 Å². The van der Waals surface area contributed by atoms with Gasteiger partial charge >= 0.3 is 37.4 Å². The van der Waals surface area contributed by atoms with E-state index in [1.807, 2.05) is 0 Å². The first-order chi connectivity index (χ1) is 16.4. The van der Waals surface area contributed by atoms with Crippen molar-refractivity contribution < 1.29 is 48.1 Å². The van der Waals surface area contributed by atoms with E-state index in [9.17, 15) is 9.46 Å². The zero-order valence-corrected chi connectivity index (χ0v) is 25.5. The summed E-state index contributed by atoms with van der Waals surface area (Å²) < 4.78 is 24.5. The maximum atomic E-state index is 13.1. The van der Waals surface area contributed by atoms with Crippen LogP contribution < -0.4 is 43.5 Å². The third-order valence-corrected chi connectivity index (χ3v) is 7.44. The summed E-state index contributed by atoms with van der Waals surface area (Å²) in [6.45, 7) is 8.70. The average Bonchev–Trinajstić information content (AvgIpc) is 2.80. The Kier molecular flexibility index (Phi) is 12.9. The summed E-state index contributed by atoms with van der Waals surface area (Å²) in [5.74, 6) is 0.985. The minimum absolute atomic E-state index is 0. The second-order valence-electron chi connectivity index (χ2n) is 9.71. The van der Waals surface area contributed by atoms with E-state index in [1.54, 1.807) is 0 Å². The predicted octanol–water partition coefficient (Wildman–Crippen LogP) is 4.89. The molecule has 4 nitrogen and oxygen atoms in total. The fourth-order valence-corrected chi connectivity index (χ4v) is 5.71. The molecule has 0 saturated carbocycles. The first-order valence-corrected chi connectivity index (χ1v) is 14.9. The maximum Gasteiger partial charge on any atom is 1.00 e. The van der Waals surface area contributed by atoms with Crippen molar-refractivity contribution >= 4 is 7.82 Å². The van der Waals surface area contributed by atoms with Gasteiger partial charge in [-0.1, -0.05) is 77.6 Å². The number of hydrogen-bond donors (Lipinski definition) is 0. The molecule has 0 unspecified atom stereocenters. The van der Waals surface area contributed by atoms with Gasteiger partial charge in [0.25, 0.3) is 0 Å². The zero-order chi connectivity index (χ0) is 24.6. The molecule has 6 heteroatoms. The Balaban J connectivity index is 0.00000432. The quantitative estimate of drug-likeness (QED) is 0.303. The van der Waals surface area contributed by atoms with Gasteiger partial charge in [0.2, 0.25) is 0 Å². The van der Waals surface area contributed by atoms with Crippen molar-refractivity contribution in [3.63, 3.8) is 0 Å². The molecule has 3 rings (SSSR count). The molecule has 2 aromatic carbocycles. The Hall–Kier alpha value is -0.770. The Morgan fingerprint density at radius 3 is 1.43 bits per heavy atom. The molecule has 0 radical (unpaired) electrons. The number of phosphoric acid groups is 1. The van der Waals surface area contributed by atoms with Gasteiger partial charge in [-0.15, -0.1) is 0 Å². The number of benzene rings is 2. The summed E-state index contributed by atoms with van der Waals surface area (Å²) >= 11 is 0. The van der Waals surface area contributed by atoms with Crippen molar-refractivity contribution in [2.75, 3.05) is 0 Å². The second-order valence-corrected chi connectivity index (χ2v) is 11.0. The number of hydrogen-bond acceptors (Lipinski definition) is 4. The number of aryl methyl sites for hydroxylation is 4. The summed E-state index contributed by atoms with van der Waals surface area (Å²) in [7, 11) is -4.56. The molecule has 188 valence electrons. The molecule has 2 aromatic rings. The molecule has 0 spiro atoms. The molecule has 1 aliphatic rings. The Labute approximate surface area is 235 Å². The van der Waals surface area contributed by atoms with Crippen LogP contribution in [0.25, 0.3) is 0 Å². The van der Waals surface area contributed by atoms with E-state index in [-0.39, 0.29) is 29.6 Å². The van der Waals surface area contributed by atoms with Crippen molar-refractivity contribution in [1.82, 2.24) is 0 Å². The molecule has 0 saturated heterocycles. The van der Waals surface area contributed by atoms with Crippen molar-refractivity contribution in [3.05, 3.63) is 57.6 Å². The smallest absolute Gasteiger partial charge is 0.736 e. The summed E-state index contributed by atoms with van der Waals surface area (Å²) in [5.41, 5.74) is 6.45. The van der Waals surface area contributed by atoms with Crippen LogP contribution in [-0.4, -0.2) is 0 Å². The van der Waals surface area contributed by atoms with Crippen LogP contribution in [0, 0.1) is 0 Å². The molecule has 0 fully saturated rings. The van der Waals surface area contributed by atoms with E-state index < -0.39 is 7.82 Å². The average molecular weight is 509 g/mol. The van der Waals surface area contributed by atoms with Crippen LogP contribution in [0.3, 0.4) is 0 Å². The minimum atomic E-state index is -4.56. The van der Waals surface area contributed by atoms with Crippen LogP contribution in [0.1, 0.15) is 112 Å². The van der Waals surface area contributed by atoms with Crippen molar-refractivity contribution in [3.8, 4) is 11.5 Å². The summed E-state index contributed by atoms with van der Waals surface area (Å²) in [4.78, 5) is 13.1. The molecule has 0 N–H and O–H groups in total. The van der Waals surface area contributed by atoms with E-state index in [0.717, 1.165) is 99.3 Å². The fraction of sp³-hybridized carbons (Fsp3) is 0.586. The molecule has 1 aliphatic heterocycles. The topological polar surface area (TPSA) is 58.6 Å². The maximum absolute atomic E-state index is 13.1. The first-order valence-electron chi connectivity index (χ1n) is 13.4. The predicted molar refractivity (Wildman–Crippen MR) is 139 cm³/mol. The van der Waals surface area contributed by atoms with Gasteiger partial charge in [0.15, 0.2) is 0 Å². The zero-order valence-electron chi connectivity index (χ0n) is 22.6. The molecule has 0 atom stereocenters. The van der Waals surface area contributed by atoms with Crippen molar-refractivity contribution in [2.45, 2.75) is 111 Å². The van der Waals surface area contributed by atoms with Gasteiger partial charge in [-0.05, 0) is 84.7 Å². The molecule has 1 heterocycles. The van der Waals surface area contributed by atoms with Gasteiger partial charge in [0.05, 0.1) is 0 Å². The van der Waals surface area contributed by atoms with Crippen LogP contribution in [0.5, 0.6) is 11.5 Å². The van der Waals surface area contributed by atoms with Crippen molar-refractivity contribution in [2.24, 2.45) is 0 Å². The first kappa shape index (κ1) is 30.5. The van der Waals surface area contributed by atoms with Crippen molar-refractivity contribution in [1.29, 1.82) is 0 Å². The van der Waals surface area contributed by atoms with E-state index in [0.29, 0.717) is 17.9 Å². The van der Waals surface area contributed by atoms with Gasteiger partial charge in [0, 0.05) is 6.42 Å². The number of fused-ring (bicyclic) bond motifs is 2. The second kappa shape index (κ2) is 14.8. The van der Waals surface area contributed by atoms with Gasteiger partial charge in [-0.2, -0.15) is 0 Å².